The number of nitrogens with zero attached hydrogens (tertiary/aromatic N) is 2. The number of rotatable bonds is 4. The van der Waals surface area contributed by atoms with E-state index in [9.17, 15) is 4.79 Å². The van der Waals surface area contributed by atoms with Gasteiger partial charge < -0.3 is 19.8 Å². The summed E-state index contributed by atoms with van der Waals surface area (Å²) in [6.07, 6.45) is 1.17. The number of aromatic amines is 1. The van der Waals surface area contributed by atoms with Gasteiger partial charge in [0.15, 0.2) is 0 Å². The van der Waals surface area contributed by atoms with E-state index < -0.39 is 12.1 Å². The number of fused-ring (bicyclic) bond motifs is 1. The Morgan fingerprint density at radius 3 is 2.95 bits per heavy atom. The molecule has 3 N–H and O–H groups in total. The van der Waals surface area contributed by atoms with Crippen molar-refractivity contribution < 1.29 is 14.3 Å². The van der Waals surface area contributed by atoms with Gasteiger partial charge >= 0.3 is 6.09 Å². The van der Waals surface area contributed by atoms with E-state index in [0.717, 1.165) is 16.5 Å². The fraction of sp³-hybridized carbons (Fsp3) is 0.214. The van der Waals surface area contributed by atoms with Crippen LogP contribution in [-0.2, 0) is 6.42 Å². The number of H-pyrrole nitrogens is 1. The predicted octanol–water partition coefficient (Wildman–Crippen LogP) is 2.41. The standard InChI is InChI=1S/C14H14N4O3/c1-8-17-18-13(21-8)12(16-14(19)20)6-9-7-15-11-5-3-2-4-10(9)11/h2-5,7,12,15-16H,6H2,1H3,(H,19,20)/t12-/m0/s1. The normalized spacial score (nSPS) is 12.4. The molecule has 0 spiro atoms. The van der Waals surface area contributed by atoms with Crippen LogP contribution in [0.4, 0.5) is 4.79 Å². The molecule has 0 saturated carbocycles. The minimum Gasteiger partial charge on any atom is -0.465 e. The fourth-order valence-electron chi connectivity index (χ4n) is 2.32. The van der Waals surface area contributed by atoms with E-state index in [1.807, 2.05) is 30.5 Å². The second kappa shape index (κ2) is 5.28. The molecule has 7 heteroatoms. The predicted molar refractivity (Wildman–Crippen MR) is 74.9 cm³/mol. The van der Waals surface area contributed by atoms with E-state index in [0.29, 0.717) is 12.3 Å². The molecule has 0 radical (unpaired) electrons. The van der Waals surface area contributed by atoms with Crippen LogP contribution in [0.15, 0.2) is 34.9 Å². The van der Waals surface area contributed by atoms with Gasteiger partial charge in [-0.3, -0.25) is 0 Å². The topological polar surface area (TPSA) is 104 Å². The molecule has 1 atom stereocenters. The summed E-state index contributed by atoms with van der Waals surface area (Å²) >= 11 is 0. The molecule has 0 fully saturated rings. The minimum absolute atomic E-state index is 0.264. The SMILES string of the molecule is Cc1nnc([C@H](Cc2c[nH]c3ccccc23)NC(=O)O)o1. The van der Waals surface area contributed by atoms with E-state index in [1.165, 1.54) is 0 Å². The average Bonchev–Trinajstić information content (AvgIpc) is 3.05. The van der Waals surface area contributed by atoms with E-state index in [-0.39, 0.29) is 5.89 Å². The maximum absolute atomic E-state index is 11.0. The number of aromatic nitrogens is 3. The highest BCUT2D eigenvalue weighted by molar-refractivity contribution is 5.83. The zero-order valence-corrected chi connectivity index (χ0v) is 11.3. The number of hydrogen-bond donors (Lipinski definition) is 3. The van der Waals surface area contributed by atoms with E-state index in [1.54, 1.807) is 6.92 Å². The van der Waals surface area contributed by atoms with Gasteiger partial charge in [0.05, 0.1) is 0 Å². The van der Waals surface area contributed by atoms with Gasteiger partial charge in [-0.1, -0.05) is 18.2 Å². The third-order valence-corrected chi connectivity index (χ3v) is 3.24. The molecular weight excluding hydrogens is 272 g/mol. The van der Waals surface area contributed by atoms with Crippen molar-refractivity contribution in [2.24, 2.45) is 0 Å². The molecular formula is C14H14N4O3. The summed E-state index contributed by atoms with van der Waals surface area (Å²) in [6, 6.07) is 7.25. The van der Waals surface area contributed by atoms with Gasteiger partial charge in [-0.15, -0.1) is 10.2 Å². The van der Waals surface area contributed by atoms with Crippen molar-refractivity contribution in [3.8, 4) is 0 Å². The number of amides is 1. The van der Waals surface area contributed by atoms with Crippen LogP contribution < -0.4 is 5.32 Å². The first-order valence-electron chi connectivity index (χ1n) is 6.48. The Hall–Kier alpha value is -2.83. The van der Waals surface area contributed by atoms with Crippen LogP contribution in [0.5, 0.6) is 0 Å². The lowest BCUT2D eigenvalue weighted by molar-refractivity contribution is 0.187. The highest BCUT2D eigenvalue weighted by atomic mass is 16.4. The summed E-state index contributed by atoms with van der Waals surface area (Å²) in [5.74, 6) is 0.668. The fourth-order valence-corrected chi connectivity index (χ4v) is 2.32. The molecule has 3 rings (SSSR count). The van der Waals surface area contributed by atoms with E-state index in [2.05, 4.69) is 20.5 Å². The minimum atomic E-state index is -1.13. The highest BCUT2D eigenvalue weighted by Gasteiger charge is 2.22. The molecule has 21 heavy (non-hydrogen) atoms. The van der Waals surface area contributed by atoms with Gasteiger partial charge in [0, 0.05) is 30.4 Å². The Morgan fingerprint density at radius 2 is 2.24 bits per heavy atom. The van der Waals surface area contributed by atoms with Crippen LogP contribution in [0.25, 0.3) is 10.9 Å². The lowest BCUT2D eigenvalue weighted by Crippen LogP contribution is -2.28. The molecule has 0 aliphatic carbocycles. The van der Waals surface area contributed by atoms with Gasteiger partial charge in [-0.25, -0.2) is 4.79 Å². The maximum Gasteiger partial charge on any atom is 0.405 e. The lowest BCUT2D eigenvalue weighted by atomic mass is 10.1. The summed E-state index contributed by atoms with van der Waals surface area (Å²) in [7, 11) is 0. The molecule has 3 aromatic rings. The Labute approximate surface area is 120 Å². The van der Waals surface area contributed by atoms with Crippen LogP contribution in [0.1, 0.15) is 23.4 Å². The molecule has 2 aromatic heterocycles. The summed E-state index contributed by atoms with van der Waals surface area (Å²) in [5.41, 5.74) is 1.99. The zero-order chi connectivity index (χ0) is 14.8. The lowest BCUT2D eigenvalue weighted by Gasteiger charge is -2.12. The third-order valence-electron chi connectivity index (χ3n) is 3.24. The number of nitrogens with one attached hydrogen (secondary N) is 2. The molecule has 1 aromatic carbocycles. The van der Waals surface area contributed by atoms with Crippen molar-refractivity contribution in [3.63, 3.8) is 0 Å². The quantitative estimate of drug-likeness (QED) is 0.683. The molecule has 108 valence electrons. The summed E-state index contributed by atoms with van der Waals surface area (Å²) in [6.45, 7) is 1.67. The van der Waals surface area contributed by atoms with Gasteiger partial charge in [-0.2, -0.15) is 0 Å². The van der Waals surface area contributed by atoms with Crippen LogP contribution in [0.2, 0.25) is 0 Å². The van der Waals surface area contributed by atoms with Gasteiger partial charge in [0.25, 0.3) is 0 Å². The number of para-hydroxylation sites is 1. The number of aryl methyl sites for hydroxylation is 1. The van der Waals surface area contributed by atoms with Crippen molar-refractivity contribution in [3.05, 3.63) is 47.8 Å². The molecule has 7 nitrogen and oxygen atoms in total. The van der Waals surface area contributed by atoms with Crippen molar-refractivity contribution in [2.45, 2.75) is 19.4 Å². The van der Waals surface area contributed by atoms with Crippen LogP contribution in [0.3, 0.4) is 0 Å². The number of carboxylic acid groups (broad SMARTS) is 1. The molecule has 0 unspecified atom stereocenters. The second-order valence-electron chi connectivity index (χ2n) is 4.73. The molecule has 0 saturated heterocycles. The van der Waals surface area contributed by atoms with Gasteiger partial charge in [0.2, 0.25) is 11.8 Å². The van der Waals surface area contributed by atoms with Gasteiger partial charge in [0.1, 0.15) is 6.04 Å². The average molecular weight is 286 g/mol. The molecule has 2 heterocycles. The van der Waals surface area contributed by atoms with Crippen molar-refractivity contribution in [1.82, 2.24) is 20.5 Å². The molecule has 0 aliphatic heterocycles. The Balaban J connectivity index is 1.92. The Kier molecular flexibility index (Phi) is 3.31. The Morgan fingerprint density at radius 1 is 1.43 bits per heavy atom. The smallest absolute Gasteiger partial charge is 0.405 e. The van der Waals surface area contributed by atoms with Crippen molar-refractivity contribution in [1.29, 1.82) is 0 Å². The molecule has 0 aliphatic rings. The maximum atomic E-state index is 11.0. The Bertz CT molecular complexity index is 777. The summed E-state index contributed by atoms with van der Waals surface area (Å²) in [4.78, 5) is 14.1. The van der Waals surface area contributed by atoms with Crippen molar-refractivity contribution in [2.75, 3.05) is 0 Å². The first-order valence-corrected chi connectivity index (χ1v) is 6.48. The largest absolute Gasteiger partial charge is 0.465 e. The first-order chi connectivity index (χ1) is 10.1. The van der Waals surface area contributed by atoms with Crippen LogP contribution in [0, 0.1) is 6.92 Å². The van der Waals surface area contributed by atoms with Crippen LogP contribution >= 0.6 is 0 Å². The van der Waals surface area contributed by atoms with E-state index in [4.69, 9.17) is 9.52 Å². The molecule has 0 bridgehead atoms. The van der Waals surface area contributed by atoms with Crippen molar-refractivity contribution >= 4 is 17.0 Å². The monoisotopic (exact) mass is 286 g/mol. The number of hydrogen-bond acceptors (Lipinski definition) is 4. The van der Waals surface area contributed by atoms with Crippen LogP contribution in [-0.4, -0.2) is 26.4 Å². The van der Waals surface area contributed by atoms with E-state index >= 15 is 0 Å². The second-order valence-corrected chi connectivity index (χ2v) is 4.73. The number of benzene rings is 1. The van der Waals surface area contributed by atoms with Gasteiger partial charge in [-0.05, 0) is 11.6 Å². The first kappa shape index (κ1) is 13.2. The highest BCUT2D eigenvalue weighted by Crippen LogP contribution is 2.24. The number of carbonyl (C=O) groups is 1. The summed E-state index contributed by atoms with van der Waals surface area (Å²) < 4.78 is 5.35. The zero-order valence-electron chi connectivity index (χ0n) is 11.3. The summed E-state index contributed by atoms with van der Waals surface area (Å²) in [5, 5.41) is 20.1. The third kappa shape index (κ3) is 2.71. The molecule has 1 amide bonds.